The summed E-state index contributed by atoms with van der Waals surface area (Å²) in [6.07, 6.45) is 0. The van der Waals surface area contributed by atoms with Crippen LogP contribution in [-0.4, -0.2) is 15.6 Å². The van der Waals surface area contributed by atoms with Gasteiger partial charge in [0.25, 0.3) is 0 Å². The number of hydrogen-bond donors (Lipinski definition) is 1. The summed E-state index contributed by atoms with van der Waals surface area (Å²) in [5, 5.41) is 10.1. The molecular formula is C14H17NO2. The van der Waals surface area contributed by atoms with Crippen LogP contribution in [0.4, 0.5) is 0 Å². The molecule has 1 heterocycles. The number of aromatic nitrogens is 1. The first-order valence-corrected chi connectivity index (χ1v) is 5.75. The molecular weight excluding hydrogens is 214 g/mol. The third-order valence-electron chi connectivity index (χ3n) is 3.27. The molecule has 2 rings (SSSR count). The predicted octanol–water partition coefficient (Wildman–Crippen LogP) is 3.31. The van der Waals surface area contributed by atoms with E-state index in [1.807, 2.05) is 20.0 Å². The van der Waals surface area contributed by atoms with Gasteiger partial charge in [-0.1, -0.05) is 13.8 Å². The standard InChI is InChI=1S/C14H17NO2/c1-8(2)12-7-11(14(16)17)6-10-5-9(3)15(4)13(10)12/h5-8H,1-4H3,(H,16,17). The third-order valence-corrected chi connectivity index (χ3v) is 3.27. The Labute approximate surface area is 101 Å². The number of benzene rings is 1. The van der Waals surface area contributed by atoms with E-state index in [0.717, 1.165) is 22.2 Å². The van der Waals surface area contributed by atoms with Gasteiger partial charge in [0.05, 0.1) is 11.1 Å². The van der Waals surface area contributed by atoms with E-state index >= 15 is 0 Å². The van der Waals surface area contributed by atoms with E-state index in [4.69, 9.17) is 5.11 Å². The topological polar surface area (TPSA) is 42.2 Å². The minimum Gasteiger partial charge on any atom is -0.478 e. The molecule has 17 heavy (non-hydrogen) atoms. The summed E-state index contributed by atoms with van der Waals surface area (Å²) in [5.74, 6) is -0.555. The molecule has 1 aromatic carbocycles. The van der Waals surface area contributed by atoms with Crippen molar-refractivity contribution in [2.75, 3.05) is 0 Å². The lowest BCUT2D eigenvalue weighted by atomic mass is 9.97. The number of rotatable bonds is 2. The van der Waals surface area contributed by atoms with Crippen molar-refractivity contribution in [3.63, 3.8) is 0 Å². The van der Waals surface area contributed by atoms with Crippen LogP contribution < -0.4 is 0 Å². The van der Waals surface area contributed by atoms with Crippen LogP contribution in [0, 0.1) is 6.92 Å². The van der Waals surface area contributed by atoms with E-state index in [0.29, 0.717) is 11.5 Å². The van der Waals surface area contributed by atoms with Crippen molar-refractivity contribution >= 4 is 16.9 Å². The molecule has 0 radical (unpaired) electrons. The lowest BCUT2D eigenvalue weighted by Gasteiger charge is -2.11. The van der Waals surface area contributed by atoms with Crippen molar-refractivity contribution < 1.29 is 9.90 Å². The Hall–Kier alpha value is -1.77. The van der Waals surface area contributed by atoms with Gasteiger partial charge < -0.3 is 9.67 Å². The summed E-state index contributed by atoms with van der Waals surface area (Å²) in [6.45, 7) is 6.20. The van der Waals surface area contributed by atoms with Crippen LogP contribution in [0.5, 0.6) is 0 Å². The van der Waals surface area contributed by atoms with E-state index in [1.54, 1.807) is 12.1 Å². The maximum atomic E-state index is 11.1. The molecule has 3 nitrogen and oxygen atoms in total. The highest BCUT2D eigenvalue weighted by atomic mass is 16.4. The second-order valence-electron chi connectivity index (χ2n) is 4.81. The molecule has 3 heteroatoms. The quantitative estimate of drug-likeness (QED) is 0.861. The fourth-order valence-corrected chi connectivity index (χ4v) is 2.24. The molecule has 0 spiro atoms. The maximum absolute atomic E-state index is 11.1. The van der Waals surface area contributed by atoms with Gasteiger partial charge >= 0.3 is 5.97 Å². The van der Waals surface area contributed by atoms with Crippen LogP contribution in [-0.2, 0) is 7.05 Å². The minimum atomic E-state index is -0.865. The predicted molar refractivity (Wildman–Crippen MR) is 68.7 cm³/mol. The number of carboxylic acid groups (broad SMARTS) is 1. The Bertz CT molecular complexity index is 594. The summed E-state index contributed by atoms with van der Waals surface area (Å²) in [6, 6.07) is 5.57. The molecule has 0 aliphatic carbocycles. The van der Waals surface area contributed by atoms with Crippen LogP contribution in [0.3, 0.4) is 0 Å². The van der Waals surface area contributed by atoms with E-state index in [9.17, 15) is 4.79 Å². The van der Waals surface area contributed by atoms with Gasteiger partial charge in [0.2, 0.25) is 0 Å². The summed E-state index contributed by atoms with van der Waals surface area (Å²) < 4.78 is 2.12. The number of aromatic carboxylic acids is 1. The first-order chi connectivity index (χ1) is 7.91. The summed E-state index contributed by atoms with van der Waals surface area (Å²) in [5.41, 5.74) is 3.74. The number of carbonyl (C=O) groups is 1. The minimum absolute atomic E-state index is 0.310. The van der Waals surface area contributed by atoms with Gasteiger partial charge in [-0.05, 0) is 36.6 Å². The van der Waals surface area contributed by atoms with Crippen molar-refractivity contribution in [1.82, 2.24) is 4.57 Å². The van der Waals surface area contributed by atoms with Crippen LogP contribution >= 0.6 is 0 Å². The molecule has 90 valence electrons. The Balaban J connectivity index is 2.86. The van der Waals surface area contributed by atoms with Crippen LogP contribution in [0.15, 0.2) is 18.2 Å². The largest absolute Gasteiger partial charge is 0.478 e. The highest BCUT2D eigenvalue weighted by Crippen LogP contribution is 2.29. The zero-order valence-electron chi connectivity index (χ0n) is 10.6. The molecule has 0 saturated heterocycles. The molecule has 2 aromatic rings. The first-order valence-electron chi connectivity index (χ1n) is 5.75. The van der Waals surface area contributed by atoms with Gasteiger partial charge in [0.1, 0.15) is 0 Å². The van der Waals surface area contributed by atoms with E-state index < -0.39 is 5.97 Å². The molecule has 0 atom stereocenters. The van der Waals surface area contributed by atoms with Gasteiger partial charge in [-0.2, -0.15) is 0 Å². The lowest BCUT2D eigenvalue weighted by molar-refractivity contribution is 0.0697. The Morgan fingerprint density at radius 2 is 1.94 bits per heavy atom. The highest BCUT2D eigenvalue weighted by molar-refractivity contribution is 5.95. The summed E-state index contributed by atoms with van der Waals surface area (Å²) >= 11 is 0. The van der Waals surface area contributed by atoms with Gasteiger partial charge in [-0.3, -0.25) is 0 Å². The molecule has 0 bridgehead atoms. The van der Waals surface area contributed by atoms with E-state index in [1.165, 1.54) is 0 Å². The SMILES string of the molecule is Cc1cc2cc(C(=O)O)cc(C(C)C)c2n1C. The summed E-state index contributed by atoms with van der Waals surface area (Å²) in [4.78, 5) is 11.1. The van der Waals surface area contributed by atoms with Gasteiger partial charge in [-0.25, -0.2) is 4.79 Å². The van der Waals surface area contributed by atoms with Crippen LogP contribution in [0.1, 0.15) is 41.4 Å². The zero-order chi connectivity index (χ0) is 12.7. The summed E-state index contributed by atoms with van der Waals surface area (Å²) in [7, 11) is 2.02. The monoisotopic (exact) mass is 231 g/mol. The second kappa shape index (κ2) is 3.91. The number of carboxylic acids is 1. The molecule has 0 amide bonds. The molecule has 1 aromatic heterocycles. The van der Waals surface area contributed by atoms with Crippen molar-refractivity contribution in [2.45, 2.75) is 26.7 Å². The Kier molecular flexibility index (Phi) is 2.69. The normalized spacial score (nSPS) is 11.4. The smallest absolute Gasteiger partial charge is 0.335 e. The fraction of sp³-hybridized carbons (Fsp3) is 0.357. The highest BCUT2D eigenvalue weighted by Gasteiger charge is 2.14. The number of aryl methyl sites for hydroxylation is 2. The van der Waals surface area contributed by atoms with Crippen molar-refractivity contribution in [1.29, 1.82) is 0 Å². The average molecular weight is 231 g/mol. The Morgan fingerprint density at radius 1 is 1.29 bits per heavy atom. The molecule has 0 fully saturated rings. The van der Waals surface area contributed by atoms with Gasteiger partial charge in [-0.15, -0.1) is 0 Å². The maximum Gasteiger partial charge on any atom is 0.335 e. The third kappa shape index (κ3) is 1.82. The van der Waals surface area contributed by atoms with E-state index in [2.05, 4.69) is 18.4 Å². The number of hydrogen-bond acceptors (Lipinski definition) is 1. The molecule has 0 saturated carbocycles. The van der Waals surface area contributed by atoms with Gasteiger partial charge in [0.15, 0.2) is 0 Å². The van der Waals surface area contributed by atoms with Crippen LogP contribution in [0.2, 0.25) is 0 Å². The van der Waals surface area contributed by atoms with Crippen LogP contribution in [0.25, 0.3) is 10.9 Å². The van der Waals surface area contributed by atoms with E-state index in [-0.39, 0.29) is 0 Å². The fourth-order valence-electron chi connectivity index (χ4n) is 2.24. The van der Waals surface area contributed by atoms with Gasteiger partial charge in [0, 0.05) is 18.1 Å². The average Bonchev–Trinajstić information content (AvgIpc) is 2.53. The molecule has 0 aliphatic rings. The van der Waals surface area contributed by atoms with Crippen molar-refractivity contribution in [3.05, 3.63) is 35.0 Å². The zero-order valence-corrected chi connectivity index (χ0v) is 10.6. The number of fused-ring (bicyclic) bond motifs is 1. The number of nitrogens with zero attached hydrogens (tertiary/aromatic N) is 1. The molecule has 1 N–H and O–H groups in total. The Morgan fingerprint density at radius 3 is 2.47 bits per heavy atom. The van der Waals surface area contributed by atoms with Crippen molar-refractivity contribution in [2.24, 2.45) is 7.05 Å². The first kappa shape index (κ1) is 11.7. The second-order valence-corrected chi connectivity index (χ2v) is 4.81. The lowest BCUT2D eigenvalue weighted by Crippen LogP contribution is -2.01. The molecule has 0 unspecified atom stereocenters. The molecule has 0 aliphatic heterocycles. The van der Waals surface area contributed by atoms with Crippen molar-refractivity contribution in [3.8, 4) is 0 Å².